The van der Waals surface area contributed by atoms with E-state index in [0.717, 1.165) is 11.3 Å². The summed E-state index contributed by atoms with van der Waals surface area (Å²) in [6, 6.07) is 13.1. The zero-order chi connectivity index (χ0) is 23.4. The number of ether oxygens (including phenoxy) is 1. The molecule has 172 valence electrons. The SMILES string of the molecule is COCCn1c(=NC(=O)CCS(=O)(=O)Cc2ccccc2)sc2cc(S(N)(=O)=O)ccc21. The van der Waals surface area contributed by atoms with Crippen LogP contribution in [0.2, 0.25) is 0 Å². The van der Waals surface area contributed by atoms with Gasteiger partial charge in [0.2, 0.25) is 15.9 Å². The second-order valence-electron chi connectivity index (χ2n) is 7.04. The van der Waals surface area contributed by atoms with Gasteiger partial charge in [-0.2, -0.15) is 4.99 Å². The first kappa shape index (κ1) is 24.3. The molecule has 0 bridgehead atoms. The van der Waals surface area contributed by atoms with Crippen molar-refractivity contribution in [1.82, 2.24) is 4.57 Å². The molecule has 0 spiro atoms. The normalized spacial score (nSPS) is 13.0. The molecule has 2 aromatic carbocycles. The molecule has 0 radical (unpaired) electrons. The van der Waals surface area contributed by atoms with Crippen molar-refractivity contribution in [1.29, 1.82) is 0 Å². The molecule has 0 saturated carbocycles. The maximum atomic E-state index is 12.5. The molecule has 1 aromatic heterocycles. The van der Waals surface area contributed by atoms with Crippen LogP contribution in [0.5, 0.6) is 0 Å². The van der Waals surface area contributed by atoms with Crippen LogP contribution in [0.3, 0.4) is 0 Å². The number of aromatic nitrogens is 1. The summed E-state index contributed by atoms with van der Waals surface area (Å²) in [4.78, 5) is 16.8. The van der Waals surface area contributed by atoms with Gasteiger partial charge in [-0.05, 0) is 23.8 Å². The van der Waals surface area contributed by atoms with Crippen LogP contribution in [0.15, 0.2) is 58.4 Å². The zero-order valence-electron chi connectivity index (χ0n) is 17.3. The maximum absolute atomic E-state index is 12.5. The molecule has 1 amide bonds. The highest BCUT2D eigenvalue weighted by molar-refractivity contribution is 7.90. The summed E-state index contributed by atoms with van der Waals surface area (Å²) in [7, 11) is -5.82. The van der Waals surface area contributed by atoms with Gasteiger partial charge in [-0.1, -0.05) is 41.7 Å². The number of fused-ring (bicyclic) bond motifs is 1. The van der Waals surface area contributed by atoms with Crippen LogP contribution in [0.25, 0.3) is 10.2 Å². The minimum atomic E-state index is -3.88. The molecule has 2 N–H and O–H groups in total. The Labute approximate surface area is 190 Å². The van der Waals surface area contributed by atoms with Gasteiger partial charge in [0.15, 0.2) is 14.6 Å². The molecule has 32 heavy (non-hydrogen) atoms. The predicted octanol–water partition coefficient (Wildman–Crippen LogP) is 1.43. The number of amides is 1. The number of methoxy groups -OCH3 is 1. The van der Waals surface area contributed by atoms with Crippen molar-refractivity contribution in [3.63, 3.8) is 0 Å². The van der Waals surface area contributed by atoms with Crippen molar-refractivity contribution >= 4 is 47.3 Å². The van der Waals surface area contributed by atoms with Crippen molar-refractivity contribution < 1.29 is 26.4 Å². The first-order chi connectivity index (χ1) is 15.1. The van der Waals surface area contributed by atoms with E-state index in [0.29, 0.717) is 33.7 Å². The highest BCUT2D eigenvalue weighted by Crippen LogP contribution is 2.21. The van der Waals surface area contributed by atoms with Gasteiger partial charge in [0.25, 0.3) is 0 Å². The first-order valence-electron chi connectivity index (χ1n) is 9.56. The summed E-state index contributed by atoms with van der Waals surface area (Å²) in [6.45, 7) is 0.721. The fraction of sp³-hybridized carbons (Fsp3) is 0.300. The van der Waals surface area contributed by atoms with Gasteiger partial charge in [0.1, 0.15) is 0 Å². The summed E-state index contributed by atoms with van der Waals surface area (Å²) >= 11 is 1.12. The Morgan fingerprint density at radius 3 is 2.50 bits per heavy atom. The molecule has 0 aliphatic rings. The summed E-state index contributed by atoms with van der Waals surface area (Å²) < 4.78 is 55.4. The Hall–Kier alpha value is -2.38. The summed E-state index contributed by atoms with van der Waals surface area (Å²) in [5.41, 5.74) is 1.33. The van der Waals surface area contributed by atoms with Crippen LogP contribution >= 0.6 is 11.3 Å². The lowest BCUT2D eigenvalue weighted by Gasteiger charge is -2.05. The van der Waals surface area contributed by atoms with Crippen molar-refractivity contribution in [3.8, 4) is 0 Å². The van der Waals surface area contributed by atoms with Crippen molar-refractivity contribution in [2.24, 2.45) is 10.1 Å². The Bertz CT molecular complexity index is 1390. The summed E-state index contributed by atoms with van der Waals surface area (Å²) in [6.07, 6.45) is -0.254. The highest BCUT2D eigenvalue weighted by atomic mass is 32.2. The molecular weight excluding hydrogens is 474 g/mol. The highest BCUT2D eigenvalue weighted by Gasteiger charge is 2.16. The van der Waals surface area contributed by atoms with E-state index in [1.54, 1.807) is 41.0 Å². The standard InChI is InChI=1S/C20H23N3O6S3/c1-29-11-10-23-17-8-7-16(32(21,27)28)13-18(17)30-20(23)22-19(24)9-12-31(25,26)14-15-5-3-2-4-6-15/h2-8,13H,9-12,14H2,1H3,(H2,21,27,28). The molecule has 0 atom stereocenters. The van der Waals surface area contributed by atoms with Crippen LogP contribution < -0.4 is 9.94 Å². The number of nitrogens with zero attached hydrogens (tertiary/aromatic N) is 2. The van der Waals surface area contributed by atoms with Crippen LogP contribution in [0.1, 0.15) is 12.0 Å². The van der Waals surface area contributed by atoms with Crippen molar-refractivity contribution in [2.45, 2.75) is 23.6 Å². The van der Waals surface area contributed by atoms with E-state index in [-0.39, 0.29) is 22.8 Å². The largest absolute Gasteiger partial charge is 0.383 e. The monoisotopic (exact) mass is 497 g/mol. The Morgan fingerprint density at radius 1 is 1.12 bits per heavy atom. The van der Waals surface area contributed by atoms with Crippen molar-refractivity contribution in [3.05, 3.63) is 58.9 Å². The number of hydrogen-bond acceptors (Lipinski definition) is 7. The minimum Gasteiger partial charge on any atom is -0.383 e. The van der Waals surface area contributed by atoms with Crippen LogP contribution in [-0.2, 0) is 41.7 Å². The predicted molar refractivity (Wildman–Crippen MR) is 122 cm³/mol. The van der Waals surface area contributed by atoms with Gasteiger partial charge in [-0.15, -0.1) is 0 Å². The Balaban J connectivity index is 1.86. The van der Waals surface area contributed by atoms with Crippen LogP contribution in [0.4, 0.5) is 0 Å². The zero-order valence-corrected chi connectivity index (χ0v) is 19.7. The third-order valence-corrected chi connectivity index (χ3v) is 8.13. The number of hydrogen-bond donors (Lipinski definition) is 1. The molecule has 12 heteroatoms. The number of carbonyl (C=O) groups is 1. The van der Waals surface area contributed by atoms with E-state index in [1.165, 1.54) is 19.2 Å². The topological polar surface area (TPSA) is 138 Å². The fourth-order valence-corrected chi connectivity index (χ4v) is 6.08. The number of benzene rings is 2. The average Bonchev–Trinajstić information content (AvgIpc) is 3.06. The number of rotatable bonds is 9. The maximum Gasteiger partial charge on any atom is 0.249 e. The molecular formula is C20H23N3O6S3. The number of primary sulfonamides is 1. The molecule has 0 aliphatic carbocycles. The van der Waals surface area contributed by atoms with E-state index in [9.17, 15) is 21.6 Å². The summed E-state index contributed by atoms with van der Waals surface area (Å²) in [5.74, 6) is -1.04. The molecule has 3 aromatic rings. The molecule has 0 unspecified atom stereocenters. The van der Waals surface area contributed by atoms with Crippen LogP contribution in [0, 0.1) is 0 Å². The van der Waals surface area contributed by atoms with Gasteiger partial charge >= 0.3 is 0 Å². The van der Waals surface area contributed by atoms with Crippen molar-refractivity contribution in [2.75, 3.05) is 19.5 Å². The molecule has 3 rings (SSSR count). The lowest BCUT2D eigenvalue weighted by atomic mass is 10.2. The van der Waals surface area contributed by atoms with E-state index >= 15 is 0 Å². The first-order valence-corrected chi connectivity index (χ1v) is 13.7. The average molecular weight is 498 g/mol. The third kappa shape index (κ3) is 6.33. The number of sulfonamides is 1. The fourth-order valence-electron chi connectivity index (χ4n) is 3.02. The quantitative estimate of drug-likeness (QED) is 0.475. The van der Waals surface area contributed by atoms with Gasteiger partial charge in [0.05, 0.1) is 33.2 Å². The third-order valence-electron chi connectivity index (χ3n) is 4.58. The van der Waals surface area contributed by atoms with Gasteiger partial charge in [-0.25, -0.2) is 22.0 Å². The second kappa shape index (κ2) is 10.0. The van der Waals surface area contributed by atoms with E-state index < -0.39 is 25.8 Å². The lowest BCUT2D eigenvalue weighted by molar-refractivity contribution is -0.117. The van der Waals surface area contributed by atoms with Gasteiger partial charge in [-0.3, -0.25) is 4.79 Å². The summed E-state index contributed by atoms with van der Waals surface area (Å²) in [5, 5.41) is 5.20. The van der Waals surface area contributed by atoms with Crippen LogP contribution in [-0.4, -0.2) is 46.8 Å². The van der Waals surface area contributed by atoms with E-state index in [4.69, 9.17) is 9.88 Å². The number of thiazole rings is 1. The number of sulfone groups is 1. The smallest absolute Gasteiger partial charge is 0.249 e. The van der Waals surface area contributed by atoms with E-state index in [2.05, 4.69) is 4.99 Å². The molecule has 0 saturated heterocycles. The second-order valence-corrected chi connectivity index (χ2v) is 11.8. The molecule has 0 fully saturated rings. The lowest BCUT2D eigenvalue weighted by Crippen LogP contribution is -2.20. The molecule has 1 heterocycles. The minimum absolute atomic E-state index is 0.0463. The van der Waals surface area contributed by atoms with E-state index in [1.807, 2.05) is 0 Å². The number of carbonyl (C=O) groups excluding carboxylic acids is 1. The molecule has 0 aliphatic heterocycles. The molecule has 9 nitrogen and oxygen atoms in total. The Kier molecular flexibility index (Phi) is 7.62. The Morgan fingerprint density at radius 2 is 1.84 bits per heavy atom. The van der Waals surface area contributed by atoms with Gasteiger partial charge < -0.3 is 9.30 Å². The van der Waals surface area contributed by atoms with Gasteiger partial charge in [0, 0.05) is 20.1 Å². The number of nitrogens with two attached hydrogens (primary N) is 1.